The average molecular weight is 324 g/mol. The zero-order chi connectivity index (χ0) is 17.1. The molecule has 4 nitrogen and oxygen atoms in total. The molecule has 0 unspecified atom stereocenters. The molecule has 0 spiro atoms. The predicted octanol–water partition coefficient (Wildman–Crippen LogP) is 3.66. The SMILES string of the molecule is CC(=O)Oc1ccc2c3c(ccc2c1)[C@@H]1CCC(=O)[C@@]1(C)C[C@@H]3O. The van der Waals surface area contributed by atoms with E-state index in [1.807, 2.05) is 31.2 Å². The molecule has 0 aliphatic heterocycles. The van der Waals surface area contributed by atoms with Gasteiger partial charge in [-0.25, -0.2) is 0 Å². The summed E-state index contributed by atoms with van der Waals surface area (Å²) in [4.78, 5) is 23.5. The van der Waals surface area contributed by atoms with Gasteiger partial charge in [-0.05, 0) is 52.8 Å². The lowest BCUT2D eigenvalue weighted by Crippen LogP contribution is -2.34. The van der Waals surface area contributed by atoms with Crippen molar-refractivity contribution in [1.29, 1.82) is 0 Å². The number of rotatable bonds is 1. The van der Waals surface area contributed by atoms with Crippen molar-refractivity contribution in [1.82, 2.24) is 0 Å². The molecule has 24 heavy (non-hydrogen) atoms. The number of ether oxygens (including phenoxy) is 1. The summed E-state index contributed by atoms with van der Waals surface area (Å²) in [5, 5.41) is 12.7. The third kappa shape index (κ3) is 2.09. The quantitative estimate of drug-likeness (QED) is 0.642. The van der Waals surface area contributed by atoms with Crippen LogP contribution in [0.1, 0.15) is 56.3 Å². The van der Waals surface area contributed by atoms with Gasteiger partial charge in [0.15, 0.2) is 0 Å². The number of hydrogen-bond donors (Lipinski definition) is 1. The summed E-state index contributed by atoms with van der Waals surface area (Å²) in [5.74, 6) is 0.595. The summed E-state index contributed by atoms with van der Waals surface area (Å²) in [6.45, 7) is 3.37. The maximum atomic E-state index is 12.3. The van der Waals surface area contributed by atoms with Gasteiger partial charge in [-0.3, -0.25) is 9.59 Å². The fourth-order valence-electron chi connectivity index (χ4n) is 4.59. The van der Waals surface area contributed by atoms with Gasteiger partial charge in [0.1, 0.15) is 11.5 Å². The Labute approximate surface area is 140 Å². The van der Waals surface area contributed by atoms with Crippen LogP contribution in [0.2, 0.25) is 0 Å². The van der Waals surface area contributed by atoms with Crippen molar-refractivity contribution < 1.29 is 19.4 Å². The van der Waals surface area contributed by atoms with Crippen molar-refractivity contribution in [3.8, 4) is 5.75 Å². The van der Waals surface area contributed by atoms with E-state index in [2.05, 4.69) is 0 Å². The zero-order valence-corrected chi connectivity index (χ0v) is 13.8. The molecule has 0 bridgehead atoms. The summed E-state index contributed by atoms with van der Waals surface area (Å²) in [6, 6.07) is 9.48. The van der Waals surface area contributed by atoms with Crippen molar-refractivity contribution >= 4 is 22.5 Å². The van der Waals surface area contributed by atoms with Crippen LogP contribution in [0.5, 0.6) is 5.75 Å². The largest absolute Gasteiger partial charge is 0.427 e. The minimum absolute atomic E-state index is 0.181. The third-order valence-corrected chi connectivity index (χ3v) is 5.72. The summed E-state index contributed by atoms with van der Waals surface area (Å²) in [5.41, 5.74) is 1.58. The van der Waals surface area contributed by atoms with Gasteiger partial charge in [0.05, 0.1) is 6.10 Å². The first-order valence-electron chi connectivity index (χ1n) is 8.36. The Morgan fingerprint density at radius 3 is 2.83 bits per heavy atom. The maximum Gasteiger partial charge on any atom is 0.308 e. The van der Waals surface area contributed by atoms with Gasteiger partial charge in [-0.1, -0.05) is 25.1 Å². The smallest absolute Gasteiger partial charge is 0.308 e. The fraction of sp³-hybridized carbons (Fsp3) is 0.400. The number of esters is 1. The highest BCUT2D eigenvalue weighted by Gasteiger charge is 2.51. The third-order valence-electron chi connectivity index (χ3n) is 5.72. The van der Waals surface area contributed by atoms with Crippen LogP contribution >= 0.6 is 0 Å². The number of ketones is 1. The van der Waals surface area contributed by atoms with Crippen molar-refractivity contribution in [3.05, 3.63) is 41.5 Å². The lowest BCUT2D eigenvalue weighted by molar-refractivity contribution is -0.132. The topological polar surface area (TPSA) is 63.6 Å². The number of hydrogen-bond acceptors (Lipinski definition) is 4. The number of aliphatic hydroxyl groups is 1. The Morgan fingerprint density at radius 1 is 1.29 bits per heavy atom. The first-order valence-corrected chi connectivity index (χ1v) is 8.36. The number of Topliss-reactive ketones (excluding diaryl/α,β-unsaturated/α-hetero) is 1. The molecule has 0 aromatic heterocycles. The molecule has 3 atom stereocenters. The Morgan fingerprint density at radius 2 is 2.08 bits per heavy atom. The highest BCUT2D eigenvalue weighted by atomic mass is 16.5. The van der Waals surface area contributed by atoms with E-state index >= 15 is 0 Å². The van der Waals surface area contributed by atoms with E-state index in [9.17, 15) is 14.7 Å². The van der Waals surface area contributed by atoms with Crippen LogP contribution in [0.15, 0.2) is 30.3 Å². The van der Waals surface area contributed by atoms with Crippen molar-refractivity contribution in [2.45, 2.75) is 45.1 Å². The Balaban J connectivity index is 1.88. The van der Waals surface area contributed by atoms with E-state index in [0.29, 0.717) is 18.6 Å². The molecule has 1 N–H and O–H groups in total. The first-order chi connectivity index (χ1) is 11.4. The van der Waals surface area contributed by atoms with Gasteiger partial charge in [0, 0.05) is 18.8 Å². The van der Waals surface area contributed by atoms with E-state index in [1.165, 1.54) is 6.92 Å². The molecule has 2 aliphatic carbocycles. The first kappa shape index (κ1) is 15.3. The zero-order valence-electron chi connectivity index (χ0n) is 13.8. The van der Waals surface area contributed by atoms with Crippen LogP contribution in [-0.2, 0) is 9.59 Å². The highest BCUT2D eigenvalue weighted by molar-refractivity contribution is 5.93. The van der Waals surface area contributed by atoms with E-state index in [4.69, 9.17) is 4.74 Å². The van der Waals surface area contributed by atoms with Gasteiger partial charge < -0.3 is 9.84 Å². The standard InChI is InChI=1S/C20H20O4/c1-11(21)24-13-4-6-14-12(9-13)3-5-15-16-7-8-18(23)20(16,2)10-17(22)19(14)15/h3-6,9,16-17,22H,7-8,10H2,1-2H3/t16-,17-,20-/m0/s1. The molecular formula is C20H20O4. The van der Waals surface area contributed by atoms with Crippen LogP contribution in [0, 0.1) is 5.41 Å². The van der Waals surface area contributed by atoms with E-state index in [-0.39, 0.29) is 17.7 Å². The monoisotopic (exact) mass is 324 g/mol. The second-order valence-corrected chi connectivity index (χ2v) is 7.20. The second-order valence-electron chi connectivity index (χ2n) is 7.20. The van der Waals surface area contributed by atoms with E-state index in [0.717, 1.165) is 28.3 Å². The summed E-state index contributed by atoms with van der Waals surface area (Å²) >= 11 is 0. The van der Waals surface area contributed by atoms with Crippen LogP contribution in [0.25, 0.3) is 10.8 Å². The predicted molar refractivity (Wildman–Crippen MR) is 89.9 cm³/mol. The number of carbonyl (C=O) groups is 2. The van der Waals surface area contributed by atoms with Crippen molar-refractivity contribution in [3.63, 3.8) is 0 Å². The molecule has 0 amide bonds. The Bertz CT molecular complexity index is 869. The molecule has 1 fully saturated rings. The van der Waals surface area contributed by atoms with Crippen LogP contribution < -0.4 is 4.74 Å². The molecule has 2 aromatic carbocycles. The van der Waals surface area contributed by atoms with E-state index in [1.54, 1.807) is 6.07 Å². The van der Waals surface area contributed by atoms with Gasteiger partial charge >= 0.3 is 5.97 Å². The number of carbonyl (C=O) groups excluding carboxylic acids is 2. The van der Waals surface area contributed by atoms with Gasteiger partial charge in [-0.2, -0.15) is 0 Å². The van der Waals surface area contributed by atoms with Crippen LogP contribution in [-0.4, -0.2) is 16.9 Å². The molecule has 1 saturated carbocycles. The summed E-state index contributed by atoms with van der Waals surface area (Å²) < 4.78 is 5.15. The lowest BCUT2D eigenvalue weighted by Gasteiger charge is -2.39. The van der Waals surface area contributed by atoms with E-state index < -0.39 is 11.5 Å². The molecular weight excluding hydrogens is 304 g/mol. The molecule has 0 radical (unpaired) electrons. The Hall–Kier alpha value is -2.20. The molecule has 2 aromatic rings. The highest BCUT2D eigenvalue weighted by Crippen LogP contribution is 2.57. The van der Waals surface area contributed by atoms with Gasteiger partial charge in [0.2, 0.25) is 0 Å². The molecule has 4 heteroatoms. The summed E-state index contributed by atoms with van der Waals surface area (Å²) in [6.07, 6.45) is 1.28. The fourth-order valence-corrected chi connectivity index (χ4v) is 4.59. The molecule has 2 aliphatic rings. The minimum Gasteiger partial charge on any atom is -0.427 e. The van der Waals surface area contributed by atoms with Gasteiger partial charge in [0.25, 0.3) is 0 Å². The summed E-state index contributed by atoms with van der Waals surface area (Å²) in [7, 11) is 0. The molecule has 124 valence electrons. The number of benzene rings is 2. The average Bonchev–Trinajstić information content (AvgIpc) is 2.81. The van der Waals surface area contributed by atoms with Crippen LogP contribution in [0.3, 0.4) is 0 Å². The Kier molecular flexibility index (Phi) is 3.29. The minimum atomic E-state index is -0.647. The van der Waals surface area contributed by atoms with Gasteiger partial charge in [-0.15, -0.1) is 0 Å². The van der Waals surface area contributed by atoms with Crippen LogP contribution in [0.4, 0.5) is 0 Å². The molecule has 4 rings (SSSR count). The van der Waals surface area contributed by atoms with Crippen molar-refractivity contribution in [2.24, 2.45) is 5.41 Å². The van der Waals surface area contributed by atoms with Crippen molar-refractivity contribution in [2.75, 3.05) is 0 Å². The second kappa shape index (κ2) is 5.15. The number of fused-ring (bicyclic) bond motifs is 5. The maximum absolute atomic E-state index is 12.3. The lowest BCUT2D eigenvalue weighted by atomic mass is 9.65. The number of aliphatic hydroxyl groups excluding tert-OH is 1. The molecule has 0 saturated heterocycles. The molecule has 0 heterocycles. The normalized spacial score (nSPS) is 28.5.